The SMILES string of the molecule is CCN1CCN(C2(CNC(=O)c3oc4cc(Br)ccc4c3C)CCCCC2)CC1. The highest BCUT2D eigenvalue weighted by molar-refractivity contribution is 9.10. The molecule has 29 heavy (non-hydrogen) atoms. The predicted molar refractivity (Wildman–Crippen MR) is 120 cm³/mol. The number of amides is 1. The molecular weight excluding hydrogens is 430 g/mol. The fourth-order valence-corrected chi connectivity index (χ4v) is 5.43. The Morgan fingerprint density at radius 3 is 2.59 bits per heavy atom. The van der Waals surface area contributed by atoms with Crippen LogP contribution >= 0.6 is 15.9 Å². The highest BCUT2D eigenvalue weighted by Gasteiger charge is 2.39. The molecule has 1 aliphatic carbocycles. The van der Waals surface area contributed by atoms with E-state index in [0.29, 0.717) is 12.3 Å². The fraction of sp³-hybridized carbons (Fsp3) is 0.609. The Labute approximate surface area is 181 Å². The first-order valence-electron chi connectivity index (χ1n) is 11.0. The lowest BCUT2D eigenvalue weighted by molar-refractivity contribution is 0.00907. The van der Waals surface area contributed by atoms with Gasteiger partial charge >= 0.3 is 0 Å². The molecule has 4 rings (SSSR count). The zero-order chi connectivity index (χ0) is 20.4. The first-order chi connectivity index (χ1) is 14.0. The number of aryl methyl sites for hydroxylation is 1. The summed E-state index contributed by atoms with van der Waals surface area (Å²) in [5, 5.41) is 4.25. The molecular formula is C23H32BrN3O2. The zero-order valence-corrected chi connectivity index (χ0v) is 19.2. The molecule has 1 saturated heterocycles. The second-order valence-corrected chi connectivity index (χ2v) is 9.50. The Bertz CT molecular complexity index is 864. The quantitative estimate of drug-likeness (QED) is 0.707. The van der Waals surface area contributed by atoms with Crippen LogP contribution in [0.2, 0.25) is 0 Å². The number of likely N-dealkylation sites (N-methyl/N-ethyl adjacent to an activating group) is 1. The normalized spacial score (nSPS) is 20.8. The van der Waals surface area contributed by atoms with E-state index in [0.717, 1.165) is 53.7 Å². The molecule has 2 heterocycles. The molecule has 158 valence electrons. The summed E-state index contributed by atoms with van der Waals surface area (Å²) in [4.78, 5) is 18.2. The molecule has 2 aromatic rings. The average Bonchev–Trinajstić information content (AvgIpc) is 3.08. The van der Waals surface area contributed by atoms with Gasteiger partial charge in [-0.1, -0.05) is 42.1 Å². The Morgan fingerprint density at radius 2 is 1.90 bits per heavy atom. The van der Waals surface area contributed by atoms with Crippen LogP contribution < -0.4 is 5.32 Å². The van der Waals surface area contributed by atoms with Crippen molar-refractivity contribution in [2.45, 2.75) is 51.5 Å². The molecule has 1 amide bonds. The minimum Gasteiger partial charge on any atom is -0.451 e. The van der Waals surface area contributed by atoms with Gasteiger partial charge in [-0.25, -0.2) is 0 Å². The molecule has 1 aromatic carbocycles. The van der Waals surface area contributed by atoms with Gasteiger partial charge in [0.25, 0.3) is 5.91 Å². The second-order valence-electron chi connectivity index (χ2n) is 8.59. The fourth-order valence-electron chi connectivity index (χ4n) is 5.09. The van der Waals surface area contributed by atoms with Gasteiger partial charge in [-0.05, 0) is 44.5 Å². The van der Waals surface area contributed by atoms with E-state index in [1.165, 1.54) is 32.1 Å². The minimum absolute atomic E-state index is 0.0908. The Balaban J connectivity index is 1.49. The number of hydrogen-bond donors (Lipinski definition) is 1. The third-order valence-electron chi connectivity index (χ3n) is 6.96. The number of nitrogens with zero attached hydrogens (tertiary/aromatic N) is 2. The van der Waals surface area contributed by atoms with Crippen LogP contribution in [-0.4, -0.2) is 60.5 Å². The molecule has 1 saturated carbocycles. The lowest BCUT2D eigenvalue weighted by atomic mass is 9.79. The highest BCUT2D eigenvalue weighted by atomic mass is 79.9. The highest BCUT2D eigenvalue weighted by Crippen LogP contribution is 2.34. The van der Waals surface area contributed by atoms with E-state index in [-0.39, 0.29) is 11.4 Å². The number of fused-ring (bicyclic) bond motifs is 1. The molecule has 2 fully saturated rings. The Hall–Kier alpha value is -1.37. The summed E-state index contributed by atoms with van der Waals surface area (Å²) in [6.45, 7) is 10.5. The number of hydrogen-bond acceptors (Lipinski definition) is 4. The maximum absolute atomic E-state index is 13.0. The van der Waals surface area contributed by atoms with Crippen molar-refractivity contribution in [3.05, 3.63) is 34.0 Å². The van der Waals surface area contributed by atoms with Crippen molar-refractivity contribution in [1.82, 2.24) is 15.1 Å². The van der Waals surface area contributed by atoms with Gasteiger partial charge in [-0.2, -0.15) is 0 Å². The van der Waals surface area contributed by atoms with Crippen molar-refractivity contribution in [3.8, 4) is 0 Å². The lowest BCUT2D eigenvalue weighted by Crippen LogP contribution is -2.61. The van der Waals surface area contributed by atoms with Gasteiger partial charge in [0.05, 0.1) is 0 Å². The minimum atomic E-state index is -0.0908. The van der Waals surface area contributed by atoms with Crippen LogP contribution in [0.25, 0.3) is 11.0 Å². The van der Waals surface area contributed by atoms with E-state index >= 15 is 0 Å². The first-order valence-corrected chi connectivity index (χ1v) is 11.8. The van der Waals surface area contributed by atoms with Gasteiger partial charge < -0.3 is 14.6 Å². The van der Waals surface area contributed by atoms with Crippen LogP contribution in [0.4, 0.5) is 0 Å². The van der Waals surface area contributed by atoms with E-state index in [1.807, 2.05) is 25.1 Å². The summed E-state index contributed by atoms with van der Waals surface area (Å²) in [6.07, 6.45) is 6.15. The molecule has 0 unspecified atom stereocenters. The van der Waals surface area contributed by atoms with Crippen LogP contribution in [0.15, 0.2) is 27.1 Å². The summed E-state index contributed by atoms with van der Waals surface area (Å²) < 4.78 is 6.88. The zero-order valence-electron chi connectivity index (χ0n) is 17.6. The molecule has 0 bridgehead atoms. The van der Waals surface area contributed by atoms with Crippen LogP contribution in [-0.2, 0) is 0 Å². The van der Waals surface area contributed by atoms with E-state index in [4.69, 9.17) is 4.42 Å². The molecule has 1 N–H and O–H groups in total. The van der Waals surface area contributed by atoms with Crippen molar-refractivity contribution in [1.29, 1.82) is 0 Å². The Kier molecular flexibility index (Phi) is 6.32. The predicted octanol–water partition coefficient (Wildman–Crippen LogP) is 4.57. The first kappa shape index (κ1) is 20.9. The Morgan fingerprint density at radius 1 is 1.17 bits per heavy atom. The summed E-state index contributed by atoms with van der Waals surface area (Å²) in [6, 6.07) is 5.92. The number of carbonyl (C=O) groups is 1. The third kappa shape index (κ3) is 4.25. The standard InChI is InChI=1S/C23H32BrN3O2/c1-3-26-11-13-27(14-12-26)23(9-5-4-6-10-23)16-25-22(28)21-17(2)19-8-7-18(24)15-20(19)29-21/h7-8,15H,3-6,9-14,16H2,1-2H3,(H,25,28). The third-order valence-corrected chi connectivity index (χ3v) is 7.45. The maximum atomic E-state index is 13.0. The van der Waals surface area contributed by atoms with Crippen LogP contribution in [0.3, 0.4) is 0 Å². The van der Waals surface area contributed by atoms with E-state index in [9.17, 15) is 4.79 Å². The molecule has 2 aliphatic rings. The van der Waals surface area contributed by atoms with Gasteiger partial charge in [-0.3, -0.25) is 9.69 Å². The molecule has 1 aromatic heterocycles. The monoisotopic (exact) mass is 461 g/mol. The lowest BCUT2D eigenvalue weighted by Gasteiger charge is -2.50. The van der Waals surface area contributed by atoms with Crippen LogP contribution in [0, 0.1) is 6.92 Å². The summed E-state index contributed by atoms with van der Waals surface area (Å²) in [7, 11) is 0. The second kappa shape index (κ2) is 8.78. The smallest absolute Gasteiger partial charge is 0.287 e. The summed E-state index contributed by atoms with van der Waals surface area (Å²) in [5.74, 6) is 0.354. The number of nitrogens with one attached hydrogen (secondary N) is 1. The maximum Gasteiger partial charge on any atom is 0.287 e. The molecule has 0 radical (unpaired) electrons. The van der Waals surface area contributed by atoms with E-state index in [2.05, 4.69) is 38.0 Å². The molecule has 5 nitrogen and oxygen atoms in total. The number of carbonyl (C=O) groups excluding carboxylic acids is 1. The average molecular weight is 462 g/mol. The molecule has 6 heteroatoms. The molecule has 0 spiro atoms. The number of halogens is 1. The number of furan rings is 1. The van der Waals surface area contributed by atoms with Crippen molar-refractivity contribution < 1.29 is 9.21 Å². The number of piperazine rings is 1. The largest absolute Gasteiger partial charge is 0.451 e. The van der Waals surface area contributed by atoms with Crippen molar-refractivity contribution >= 4 is 32.8 Å². The van der Waals surface area contributed by atoms with Gasteiger partial charge in [0.15, 0.2) is 5.76 Å². The van der Waals surface area contributed by atoms with Gasteiger partial charge in [0.2, 0.25) is 0 Å². The van der Waals surface area contributed by atoms with Crippen molar-refractivity contribution in [3.63, 3.8) is 0 Å². The van der Waals surface area contributed by atoms with E-state index in [1.54, 1.807) is 0 Å². The van der Waals surface area contributed by atoms with Crippen molar-refractivity contribution in [2.75, 3.05) is 39.3 Å². The molecule has 0 atom stereocenters. The number of rotatable bonds is 5. The molecule has 1 aliphatic heterocycles. The number of benzene rings is 1. The van der Waals surface area contributed by atoms with Crippen LogP contribution in [0.1, 0.15) is 55.1 Å². The topological polar surface area (TPSA) is 48.7 Å². The van der Waals surface area contributed by atoms with E-state index < -0.39 is 0 Å². The summed E-state index contributed by atoms with van der Waals surface area (Å²) in [5.41, 5.74) is 1.76. The van der Waals surface area contributed by atoms with Crippen LogP contribution in [0.5, 0.6) is 0 Å². The van der Waals surface area contributed by atoms with Gasteiger partial charge in [-0.15, -0.1) is 0 Å². The van der Waals surface area contributed by atoms with Crippen molar-refractivity contribution in [2.24, 2.45) is 0 Å². The van der Waals surface area contributed by atoms with Gasteiger partial charge in [0.1, 0.15) is 5.58 Å². The van der Waals surface area contributed by atoms with Gasteiger partial charge in [0, 0.05) is 53.7 Å². The summed E-state index contributed by atoms with van der Waals surface area (Å²) >= 11 is 3.48.